The average Bonchev–Trinajstić information content (AvgIpc) is 2.83. The summed E-state index contributed by atoms with van der Waals surface area (Å²) in [6.45, 7) is 0. The van der Waals surface area contributed by atoms with Crippen LogP contribution in [0.4, 0.5) is 4.39 Å². The zero-order valence-corrected chi connectivity index (χ0v) is 12.9. The van der Waals surface area contributed by atoms with E-state index in [0.29, 0.717) is 10.9 Å². The Labute approximate surface area is 128 Å². The zero-order chi connectivity index (χ0) is 14.1. The smallest absolute Gasteiger partial charge is 0.137 e. The molecule has 1 heterocycles. The van der Waals surface area contributed by atoms with Crippen molar-refractivity contribution in [2.75, 3.05) is 0 Å². The summed E-state index contributed by atoms with van der Waals surface area (Å²) in [4.78, 5) is 4.57. The lowest BCUT2D eigenvalue weighted by molar-refractivity contribution is 0.617. The molecule has 5 heteroatoms. The molecule has 0 aliphatic rings. The van der Waals surface area contributed by atoms with Crippen LogP contribution in [0.15, 0.2) is 46.9 Å². The molecule has 0 bridgehead atoms. The van der Waals surface area contributed by atoms with Gasteiger partial charge in [0.1, 0.15) is 5.82 Å². The Balaban J connectivity index is 1.84. The number of rotatable bonds is 3. The van der Waals surface area contributed by atoms with Crippen molar-refractivity contribution in [3.63, 3.8) is 0 Å². The van der Waals surface area contributed by atoms with Gasteiger partial charge in [-0.15, -0.1) is 11.3 Å². The quantitative estimate of drug-likeness (QED) is 0.758. The van der Waals surface area contributed by atoms with Gasteiger partial charge < -0.3 is 5.73 Å². The molecule has 0 aliphatic carbocycles. The summed E-state index contributed by atoms with van der Waals surface area (Å²) in [6, 6.07) is 12.7. The third kappa shape index (κ3) is 2.75. The molecule has 0 amide bonds. The van der Waals surface area contributed by atoms with Gasteiger partial charge in [0, 0.05) is 12.5 Å². The van der Waals surface area contributed by atoms with Crippen molar-refractivity contribution >= 4 is 37.5 Å². The molecule has 3 rings (SSSR count). The number of hydrogen-bond acceptors (Lipinski definition) is 3. The highest BCUT2D eigenvalue weighted by molar-refractivity contribution is 9.10. The Hall–Kier alpha value is -1.30. The van der Waals surface area contributed by atoms with Crippen LogP contribution in [0.3, 0.4) is 0 Å². The number of hydrogen-bond donors (Lipinski definition) is 1. The number of para-hydroxylation sites is 1. The fraction of sp³-hybridized carbons (Fsp3) is 0.133. The molecule has 2 aromatic carbocycles. The normalized spacial score (nSPS) is 12.8. The van der Waals surface area contributed by atoms with E-state index in [1.165, 1.54) is 6.07 Å². The van der Waals surface area contributed by atoms with Crippen LogP contribution >= 0.6 is 27.3 Å². The van der Waals surface area contributed by atoms with Crippen LogP contribution in [-0.4, -0.2) is 4.98 Å². The van der Waals surface area contributed by atoms with Gasteiger partial charge >= 0.3 is 0 Å². The minimum absolute atomic E-state index is 0.188. The van der Waals surface area contributed by atoms with E-state index in [4.69, 9.17) is 5.73 Å². The van der Waals surface area contributed by atoms with E-state index >= 15 is 0 Å². The molecule has 0 spiro atoms. The molecular weight excluding hydrogens is 339 g/mol. The van der Waals surface area contributed by atoms with E-state index in [1.807, 2.05) is 18.2 Å². The van der Waals surface area contributed by atoms with Gasteiger partial charge in [0.2, 0.25) is 0 Å². The van der Waals surface area contributed by atoms with Crippen molar-refractivity contribution in [3.05, 3.63) is 63.3 Å². The van der Waals surface area contributed by atoms with Crippen LogP contribution in [0.1, 0.15) is 16.6 Å². The fourth-order valence-electron chi connectivity index (χ4n) is 2.06. The summed E-state index contributed by atoms with van der Waals surface area (Å²) in [5.74, 6) is -0.277. The highest BCUT2D eigenvalue weighted by Crippen LogP contribution is 2.26. The molecule has 2 nitrogen and oxygen atoms in total. The molecule has 1 unspecified atom stereocenters. The van der Waals surface area contributed by atoms with Crippen molar-refractivity contribution in [3.8, 4) is 0 Å². The first kappa shape index (κ1) is 13.7. The van der Waals surface area contributed by atoms with Crippen LogP contribution in [0.5, 0.6) is 0 Å². The number of benzene rings is 2. The van der Waals surface area contributed by atoms with Crippen molar-refractivity contribution in [1.29, 1.82) is 0 Å². The highest BCUT2D eigenvalue weighted by atomic mass is 79.9. The molecule has 0 radical (unpaired) electrons. The van der Waals surface area contributed by atoms with Crippen molar-refractivity contribution in [2.24, 2.45) is 5.73 Å². The Bertz CT molecular complexity index is 723. The van der Waals surface area contributed by atoms with Gasteiger partial charge in [-0.1, -0.05) is 18.2 Å². The molecule has 1 atom stereocenters. The third-order valence-electron chi connectivity index (χ3n) is 3.10. The van der Waals surface area contributed by atoms with Crippen molar-refractivity contribution < 1.29 is 4.39 Å². The zero-order valence-electron chi connectivity index (χ0n) is 10.5. The minimum atomic E-state index is -0.277. The van der Waals surface area contributed by atoms with Crippen molar-refractivity contribution in [1.82, 2.24) is 4.98 Å². The second-order valence-electron chi connectivity index (χ2n) is 4.56. The molecule has 2 N–H and O–H groups in total. The maximum absolute atomic E-state index is 13.2. The fourth-order valence-corrected chi connectivity index (χ4v) is 3.48. The maximum atomic E-state index is 13.2. The summed E-state index contributed by atoms with van der Waals surface area (Å²) in [7, 11) is 0. The highest BCUT2D eigenvalue weighted by Gasteiger charge is 2.12. The van der Waals surface area contributed by atoms with Crippen LogP contribution in [0.25, 0.3) is 10.2 Å². The van der Waals surface area contributed by atoms with Gasteiger partial charge in [0.25, 0.3) is 0 Å². The Morgan fingerprint density at radius 3 is 2.80 bits per heavy atom. The van der Waals surface area contributed by atoms with Gasteiger partial charge in [0.05, 0.1) is 19.7 Å². The third-order valence-corrected chi connectivity index (χ3v) is 4.77. The lowest BCUT2D eigenvalue weighted by atomic mass is 10.1. The molecule has 0 saturated carbocycles. The molecule has 20 heavy (non-hydrogen) atoms. The number of nitrogens with two attached hydrogens (primary N) is 1. The topological polar surface area (TPSA) is 38.9 Å². The monoisotopic (exact) mass is 350 g/mol. The lowest BCUT2D eigenvalue weighted by Gasteiger charge is -2.10. The summed E-state index contributed by atoms with van der Waals surface area (Å²) in [5, 5.41) is 0.999. The Morgan fingerprint density at radius 2 is 2.05 bits per heavy atom. The van der Waals surface area contributed by atoms with Gasteiger partial charge in [-0.25, -0.2) is 9.37 Å². The van der Waals surface area contributed by atoms with E-state index in [0.717, 1.165) is 20.8 Å². The van der Waals surface area contributed by atoms with Crippen LogP contribution in [-0.2, 0) is 6.42 Å². The summed E-state index contributed by atoms with van der Waals surface area (Å²) < 4.78 is 14.8. The molecular formula is C15H12BrFN2S. The predicted octanol–water partition coefficient (Wildman–Crippen LogP) is 4.44. The maximum Gasteiger partial charge on any atom is 0.137 e. The number of nitrogens with zero attached hydrogens (tertiary/aromatic N) is 1. The number of fused-ring (bicyclic) bond motifs is 1. The number of halogens is 2. The SMILES string of the molecule is NC(Cc1nc2ccccc2s1)c1ccc(F)c(Br)c1. The number of aromatic nitrogens is 1. The van der Waals surface area contributed by atoms with E-state index in [9.17, 15) is 4.39 Å². The van der Waals surface area contributed by atoms with Gasteiger partial charge in [-0.05, 0) is 45.8 Å². The standard InChI is InChI=1S/C15H12BrFN2S/c16-10-7-9(5-6-11(10)17)12(18)8-15-19-13-3-1-2-4-14(13)20-15/h1-7,12H,8,18H2. The summed E-state index contributed by atoms with van der Waals surface area (Å²) in [6.07, 6.45) is 0.650. The van der Waals surface area contributed by atoms with Gasteiger partial charge in [-0.2, -0.15) is 0 Å². The largest absolute Gasteiger partial charge is 0.324 e. The van der Waals surface area contributed by atoms with Gasteiger partial charge in [0.15, 0.2) is 0 Å². The van der Waals surface area contributed by atoms with E-state index in [2.05, 4.69) is 27.0 Å². The van der Waals surface area contributed by atoms with E-state index < -0.39 is 0 Å². The molecule has 102 valence electrons. The first-order valence-electron chi connectivity index (χ1n) is 6.18. The lowest BCUT2D eigenvalue weighted by Crippen LogP contribution is -2.13. The summed E-state index contributed by atoms with van der Waals surface area (Å²) in [5.41, 5.74) is 8.09. The first-order chi connectivity index (χ1) is 9.63. The first-order valence-corrected chi connectivity index (χ1v) is 7.79. The van der Waals surface area contributed by atoms with Crippen LogP contribution in [0.2, 0.25) is 0 Å². The molecule has 3 aromatic rings. The predicted molar refractivity (Wildman–Crippen MR) is 84.4 cm³/mol. The Kier molecular flexibility index (Phi) is 3.83. The molecule has 0 fully saturated rings. The second-order valence-corrected chi connectivity index (χ2v) is 6.53. The second kappa shape index (κ2) is 5.60. The minimum Gasteiger partial charge on any atom is -0.324 e. The molecule has 0 aliphatic heterocycles. The number of thiazole rings is 1. The summed E-state index contributed by atoms with van der Waals surface area (Å²) >= 11 is 4.84. The average molecular weight is 351 g/mol. The van der Waals surface area contributed by atoms with Crippen LogP contribution < -0.4 is 5.73 Å². The molecule has 1 aromatic heterocycles. The Morgan fingerprint density at radius 1 is 1.25 bits per heavy atom. The van der Waals surface area contributed by atoms with Crippen molar-refractivity contribution in [2.45, 2.75) is 12.5 Å². The van der Waals surface area contributed by atoms with Crippen LogP contribution in [0, 0.1) is 5.82 Å². The van der Waals surface area contributed by atoms with E-state index in [-0.39, 0.29) is 11.9 Å². The van der Waals surface area contributed by atoms with Gasteiger partial charge in [-0.3, -0.25) is 0 Å². The van der Waals surface area contributed by atoms with E-state index in [1.54, 1.807) is 23.5 Å². The molecule has 0 saturated heterocycles.